The minimum Gasteiger partial charge on any atom is -0.383 e. The summed E-state index contributed by atoms with van der Waals surface area (Å²) in [5.74, 6) is 0.208. The first-order valence-electron chi connectivity index (χ1n) is 4.50. The lowest BCUT2D eigenvalue weighted by molar-refractivity contribution is 1.05. The van der Waals surface area contributed by atoms with Gasteiger partial charge in [-0.1, -0.05) is 23.4 Å². The van der Waals surface area contributed by atoms with E-state index in [4.69, 9.17) is 22.6 Å². The van der Waals surface area contributed by atoms with Gasteiger partial charge in [-0.15, -0.1) is 0 Å². The fraction of sp³-hybridized carbons (Fsp3) is 0. The first kappa shape index (κ1) is 11.6. The first-order valence-corrected chi connectivity index (χ1v) is 5.70. The van der Waals surface area contributed by atoms with Crippen molar-refractivity contribution in [1.29, 1.82) is 5.26 Å². The second kappa shape index (κ2) is 4.99. The van der Waals surface area contributed by atoms with Crippen LogP contribution in [-0.4, -0.2) is 15.0 Å². The topological polar surface area (TPSA) is 88.5 Å². The van der Waals surface area contributed by atoms with E-state index in [1.165, 1.54) is 24.2 Å². The molecule has 0 amide bonds. The Hall–Kier alpha value is -1.84. The Balaban J connectivity index is 2.34. The molecule has 0 fully saturated rings. The van der Waals surface area contributed by atoms with E-state index < -0.39 is 0 Å². The Labute approximate surface area is 107 Å². The number of nitrogens with zero attached hydrogens (tertiary/aromatic N) is 4. The SMILES string of the molecule is N#Cc1c(Sc2cnc(Cl)cn2)ccnc1N. The Morgan fingerprint density at radius 3 is 2.76 bits per heavy atom. The lowest BCUT2D eigenvalue weighted by Gasteiger charge is -2.04. The third-order valence-corrected chi connectivity index (χ3v) is 3.04. The Kier molecular flexibility index (Phi) is 3.42. The third kappa shape index (κ3) is 2.64. The summed E-state index contributed by atoms with van der Waals surface area (Å²) in [5, 5.41) is 9.94. The molecule has 2 aromatic heterocycles. The van der Waals surface area contributed by atoms with Crippen LogP contribution in [0.25, 0.3) is 0 Å². The molecule has 0 aromatic carbocycles. The van der Waals surface area contributed by atoms with Gasteiger partial charge in [-0.05, 0) is 6.07 Å². The minimum absolute atomic E-state index is 0.208. The van der Waals surface area contributed by atoms with Crippen molar-refractivity contribution >= 4 is 29.2 Å². The molecular weight excluding hydrogens is 258 g/mol. The van der Waals surface area contributed by atoms with Gasteiger partial charge in [0.1, 0.15) is 27.6 Å². The predicted octanol–water partition coefficient (Wildman–Crippen LogP) is 2.13. The molecule has 2 heterocycles. The molecule has 0 spiro atoms. The van der Waals surface area contributed by atoms with Gasteiger partial charge in [-0.2, -0.15) is 5.26 Å². The molecule has 0 atom stereocenters. The second-order valence-electron chi connectivity index (χ2n) is 2.96. The minimum atomic E-state index is 0.208. The number of aromatic nitrogens is 3. The van der Waals surface area contributed by atoms with Crippen molar-refractivity contribution in [2.45, 2.75) is 9.92 Å². The summed E-state index contributed by atoms with van der Waals surface area (Å²) >= 11 is 6.92. The van der Waals surface area contributed by atoms with Crippen molar-refractivity contribution in [2.24, 2.45) is 0 Å². The standard InChI is InChI=1S/C10H6ClN5S/c11-8-4-16-9(5-15-8)17-7-1-2-14-10(13)6(7)3-12/h1-2,4-5H,(H2,13,14). The van der Waals surface area contributed by atoms with Crippen LogP contribution in [0.2, 0.25) is 5.15 Å². The average Bonchev–Trinajstić information content (AvgIpc) is 2.32. The second-order valence-corrected chi connectivity index (χ2v) is 4.41. The number of nitriles is 1. The molecule has 2 aromatic rings. The summed E-state index contributed by atoms with van der Waals surface area (Å²) in [4.78, 5) is 12.5. The monoisotopic (exact) mass is 263 g/mol. The molecule has 0 aliphatic carbocycles. The van der Waals surface area contributed by atoms with E-state index in [0.717, 1.165) is 0 Å². The molecule has 0 aliphatic heterocycles. The van der Waals surface area contributed by atoms with Gasteiger partial charge in [-0.3, -0.25) is 0 Å². The van der Waals surface area contributed by atoms with Crippen molar-refractivity contribution in [3.05, 3.63) is 35.4 Å². The maximum absolute atomic E-state index is 8.98. The van der Waals surface area contributed by atoms with Gasteiger partial charge in [0.15, 0.2) is 0 Å². The van der Waals surface area contributed by atoms with Crippen LogP contribution in [0.5, 0.6) is 0 Å². The zero-order valence-corrected chi connectivity index (χ0v) is 10.0. The van der Waals surface area contributed by atoms with Crippen LogP contribution in [0.15, 0.2) is 34.6 Å². The van der Waals surface area contributed by atoms with Gasteiger partial charge >= 0.3 is 0 Å². The Morgan fingerprint density at radius 1 is 1.29 bits per heavy atom. The molecule has 0 saturated carbocycles. The molecule has 2 rings (SSSR count). The number of halogens is 1. The van der Waals surface area contributed by atoms with Crippen molar-refractivity contribution in [1.82, 2.24) is 15.0 Å². The summed E-state index contributed by atoms with van der Waals surface area (Å²) in [5.41, 5.74) is 5.95. The quantitative estimate of drug-likeness (QED) is 0.893. The zero-order chi connectivity index (χ0) is 12.3. The summed E-state index contributed by atoms with van der Waals surface area (Å²) in [6, 6.07) is 3.72. The van der Waals surface area contributed by atoms with Gasteiger partial charge in [-0.25, -0.2) is 15.0 Å². The normalized spacial score (nSPS) is 9.88. The largest absolute Gasteiger partial charge is 0.383 e. The van der Waals surface area contributed by atoms with Gasteiger partial charge in [0, 0.05) is 11.1 Å². The maximum Gasteiger partial charge on any atom is 0.147 e. The van der Waals surface area contributed by atoms with Gasteiger partial charge in [0.25, 0.3) is 0 Å². The third-order valence-electron chi connectivity index (χ3n) is 1.87. The van der Waals surface area contributed by atoms with E-state index >= 15 is 0 Å². The molecule has 7 heteroatoms. The lowest BCUT2D eigenvalue weighted by Crippen LogP contribution is -1.96. The van der Waals surface area contributed by atoms with E-state index in [9.17, 15) is 0 Å². The number of hydrogen-bond donors (Lipinski definition) is 1. The fourth-order valence-electron chi connectivity index (χ4n) is 1.12. The first-order chi connectivity index (χ1) is 8.20. The number of hydrogen-bond acceptors (Lipinski definition) is 6. The van der Waals surface area contributed by atoms with Gasteiger partial charge in [0.05, 0.1) is 12.4 Å². The molecule has 2 N–H and O–H groups in total. The number of rotatable bonds is 2. The number of nitrogen functional groups attached to an aromatic ring is 1. The van der Waals surface area contributed by atoms with E-state index in [1.807, 2.05) is 6.07 Å². The molecule has 0 bridgehead atoms. The van der Waals surface area contributed by atoms with Crippen molar-refractivity contribution < 1.29 is 0 Å². The van der Waals surface area contributed by atoms with Crippen LogP contribution in [0, 0.1) is 11.3 Å². The fourth-order valence-corrected chi connectivity index (χ4v) is 2.04. The Morgan fingerprint density at radius 2 is 2.12 bits per heavy atom. The molecule has 84 valence electrons. The highest BCUT2D eigenvalue weighted by Crippen LogP contribution is 2.30. The van der Waals surface area contributed by atoms with Crippen molar-refractivity contribution in [3.8, 4) is 6.07 Å². The highest BCUT2D eigenvalue weighted by Gasteiger charge is 2.09. The molecular formula is C10H6ClN5S. The summed E-state index contributed by atoms with van der Waals surface area (Å²) < 4.78 is 0. The summed E-state index contributed by atoms with van der Waals surface area (Å²) in [7, 11) is 0. The lowest BCUT2D eigenvalue weighted by atomic mass is 10.3. The van der Waals surface area contributed by atoms with Crippen LogP contribution < -0.4 is 5.73 Å². The molecule has 0 saturated heterocycles. The summed E-state index contributed by atoms with van der Waals surface area (Å²) in [6.07, 6.45) is 4.52. The van der Waals surface area contributed by atoms with Crippen LogP contribution >= 0.6 is 23.4 Å². The number of nitrogens with two attached hydrogens (primary N) is 1. The van der Waals surface area contributed by atoms with E-state index in [2.05, 4.69) is 15.0 Å². The van der Waals surface area contributed by atoms with Crippen LogP contribution in [0.3, 0.4) is 0 Å². The Bertz CT molecular complexity index is 578. The highest BCUT2D eigenvalue weighted by molar-refractivity contribution is 7.99. The molecule has 0 aliphatic rings. The highest BCUT2D eigenvalue weighted by atomic mass is 35.5. The molecule has 5 nitrogen and oxygen atoms in total. The van der Waals surface area contributed by atoms with Crippen molar-refractivity contribution in [3.63, 3.8) is 0 Å². The van der Waals surface area contributed by atoms with E-state index in [1.54, 1.807) is 12.3 Å². The van der Waals surface area contributed by atoms with E-state index in [-0.39, 0.29) is 5.82 Å². The van der Waals surface area contributed by atoms with Crippen molar-refractivity contribution in [2.75, 3.05) is 5.73 Å². The number of anilines is 1. The van der Waals surface area contributed by atoms with E-state index in [0.29, 0.717) is 20.6 Å². The molecule has 17 heavy (non-hydrogen) atoms. The predicted molar refractivity (Wildman–Crippen MR) is 64.5 cm³/mol. The van der Waals surface area contributed by atoms with Crippen LogP contribution in [0.4, 0.5) is 5.82 Å². The number of pyridine rings is 1. The maximum atomic E-state index is 8.98. The average molecular weight is 264 g/mol. The summed E-state index contributed by atoms with van der Waals surface area (Å²) in [6.45, 7) is 0. The van der Waals surface area contributed by atoms with Crippen LogP contribution in [-0.2, 0) is 0 Å². The zero-order valence-electron chi connectivity index (χ0n) is 8.46. The van der Waals surface area contributed by atoms with Gasteiger partial charge < -0.3 is 5.73 Å². The van der Waals surface area contributed by atoms with Crippen LogP contribution in [0.1, 0.15) is 5.56 Å². The molecule has 0 radical (unpaired) electrons. The smallest absolute Gasteiger partial charge is 0.147 e. The molecule has 0 unspecified atom stereocenters. The van der Waals surface area contributed by atoms with Gasteiger partial charge in [0.2, 0.25) is 0 Å².